The molecule has 0 amide bonds. The molecule has 36 heavy (non-hydrogen) atoms. The topological polar surface area (TPSA) is 78.7 Å². The predicted molar refractivity (Wildman–Crippen MR) is 140 cm³/mol. The molecule has 0 atom stereocenters. The van der Waals surface area contributed by atoms with Crippen LogP contribution in [0.25, 0.3) is 55.7 Å². The molecule has 7 heteroatoms. The normalized spacial score (nSPS) is 11.6. The van der Waals surface area contributed by atoms with Crippen molar-refractivity contribution in [2.75, 3.05) is 0 Å². The quantitative estimate of drug-likeness (QED) is 0.325. The summed E-state index contributed by atoms with van der Waals surface area (Å²) in [5.41, 5.74) is 5.22. The third-order valence-corrected chi connectivity index (χ3v) is 6.37. The van der Waals surface area contributed by atoms with Crippen LogP contribution in [0.15, 0.2) is 106 Å². The molecular formula is C29H19N5O2. The second-order valence-corrected chi connectivity index (χ2v) is 8.62. The van der Waals surface area contributed by atoms with Gasteiger partial charge in [0.05, 0.1) is 33.4 Å². The highest BCUT2D eigenvalue weighted by atomic mass is 16.4. The molecule has 3 aromatic carbocycles. The van der Waals surface area contributed by atoms with Crippen LogP contribution in [0.1, 0.15) is 5.69 Å². The van der Waals surface area contributed by atoms with Crippen molar-refractivity contribution in [3.8, 4) is 22.6 Å². The van der Waals surface area contributed by atoms with Crippen molar-refractivity contribution >= 4 is 33.0 Å². The fourth-order valence-electron chi connectivity index (χ4n) is 4.71. The number of fused-ring (bicyclic) bond motifs is 4. The van der Waals surface area contributed by atoms with Crippen molar-refractivity contribution in [3.05, 3.63) is 113 Å². The number of hydrogen-bond acceptors (Lipinski definition) is 5. The van der Waals surface area contributed by atoms with Gasteiger partial charge in [-0.2, -0.15) is 14.9 Å². The van der Waals surface area contributed by atoms with E-state index in [4.69, 9.17) is 14.5 Å². The highest BCUT2D eigenvalue weighted by Gasteiger charge is 2.22. The van der Waals surface area contributed by atoms with Crippen LogP contribution >= 0.6 is 0 Å². The molecular weight excluding hydrogens is 450 g/mol. The van der Waals surface area contributed by atoms with Crippen molar-refractivity contribution in [3.63, 3.8) is 0 Å². The van der Waals surface area contributed by atoms with Gasteiger partial charge in [0.1, 0.15) is 5.69 Å². The van der Waals surface area contributed by atoms with E-state index in [1.807, 2.05) is 109 Å². The van der Waals surface area contributed by atoms with Crippen LogP contribution < -0.4 is 5.63 Å². The van der Waals surface area contributed by atoms with E-state index in [-0.39, 0.29) is 0 Å². The van der Waals surface area contributed by atoms with Crippen molar-refractivity contribution in [2.45, 2.75) is 6.92 Å². The third-order valence-electron chi connectivity index (χ3n) is 6.37. The standard InChI is InChI=1S/C29H19N5O2/c1-18-24-26-23(29(35)36-28(24)34(31-18)21-15-9-4-10-16-21)17-22-25(19-11-5-2-6-12-19)32-33(27(22)30-26)20-13-7-3-8-14-20/h2-17H,1H3. The largest absolute Gasteiger partial charge is 0.403 e. The lowest BCUT2D eigenvalue weighted by Gasteiger charge is -2.05. The lowest BCUT2D eigenvalue weighted by Crippen LogP contribution is -2.04. The zero-order valence-electron chi connectivity index (χ0n) is 19.3. The van der Waals surface area contributed by atoms with Gasteiger partial charge in [0.15, 0.2) is 5.65 Å². The Morgan fingerprint density at radius 1 is 0.722 bits per heavy atom. The molecule has 7 aromatic rings. The van der Waals surface area contributed by atoms with Gasteiger partial charge >= 0.3 is 5.63 Å². The van der Waals surface area contributed by atoms with Crippen LogP contribution in [0.3, 0.4) is 0 Å². The van der Waals surface area contributed by atoms with Gasteiger partial charge < -0.3 is 4.42 Å². The number of aryl methyl sites for hydroxylation is 1. The second kappa shape index (κ2) is 7.74. The van der Waals surface area contributed by atoms with Crippen molar-refractivity contribution < 1.29 is 4.42 Å². The van der Waals surface area contributed by atoms with Gasteiger partial charge in [-0.15, -0.1) is 0 Å². The molecule has 0 aliphatic heterocycles. The van der Waals surface area contributed by atoms with Crippen LogP contribution in [0.4, 0.5) is 0 Å². The maximum atomic E-state index is 13.3. The fourth-order valence-corrected chi connectivity index (χ4v) is 4.71. The number of pyridine rings is 1. The molecule has 0 N–H and O–H groups in total. The third kappa shape index (κ3) is 2.99. The summed E-state index contributed by atoms with van der Waals surface area (Å²) in [6.45, 7) is 1.90. The van der Waals surface area contributed by atoms with E-state index in [2.05, 4.69) is 5.10 Å². The molecule has 7 rings (SSSR count). The predicted octanol–water partition coefficient (Wildman–Crippen LogP) is 5.84. The molecule has 0 aliphatic carbocycles. The van der Waals surface area contributed by atoms with Crippen LogP contribution in [-0.2, 0) is 0 Å². The van der Waals surface area contributed by atoms with Gasteiger partial charge in [0.25, 0.3) is 0 Å². The van der Waals surface area contributed by atoms with Crippen LogP contribution in [-0.4, -0.2) is 24.5 Å². The lowest BCUT2D eigenvalue weighted by atomic mass is 10.1. The molecule has 0 aliphatic rings. The summed E-state index contributed by atoms with van der Waals surface area (Å²) in [5, 5.41) is 11.5. The number of nitrogens with zero attached hydrogens (tertiary/aromatic N) is 5. The lowest BCUT2D eigenvalue weighted by molar-refractivity contribution is 0.543. The zero-order valence-corrected chi connectivity index (χ0v) is 19.3. The Labute approximate surface area is 204 Å². The highest BCUT2D eigenvalue weighted by molar-refractivity contribution is 6.08. The average Bonchev–Trinajstić information content (AvgIpc) is 3.47. The van der Waals surface area contributed by atoms with Crippen LogP contribution in [0.2, 0.25) is 0 Å². The Hall–Kier alpha value is -5.04. The summed E-state index contributed by atoms with van der Waals surface area (Å²) in [4.78, 5) is 18.3. The van der Waals surface area contributed by atoms with E-state index in [0.717, 1.165) is 33.7 Å². The van der Waals surface area contributed by atoms with E-state index < -0.39 is 5.63 Å². The van der Waals surface area contributed by atoms with Gasteiger partial charge in [-0.3, -0.25) is 0 Å². The molecule has 0 unspecified atom stereocenters. The Kier molecular flexibility index (Phi) is 4.38. The summed E-state index contributed by atoms with van der Waals surface area (Å²) >= 11 is 0. The molecule has 4 aromatic heterocycles. The SMILES string of the molecule is Cc1nn(-c2ccccc2)c2oc(=O)c3cc4c(-c5ccccc5)nn(-c5ccccc5)c4nc3c12. The average molecular weight is 470 g/mol. The highest BCUT2D eigenvalue weighted by Crippen LogP contribution is 2.33. The summed E-state index contributed by atoms with van der Waals surface area (Å²) < 4.78 is 9.33. The summed E-state index contributed by atoms with van der Waals surface area (Å²) in [5.74, 6) is 0. The van der Waals surface area contributed by atoms with Gasteiger partial charge in [0.2, 0.25) is 5.71 Å². The van der Waals surface area contributed by atoms with Gasteiger partial charge in [-0.05, 0) is 37.3 Å². The van der Waals surface area contributed by atoms with Gasteiger partial charge in [0, 0.05) is 10.9 Å². The molecule has 0 fully saturated rings. The number of benzene rings is 3. The van der Waals surface area contributed by atoms with E-state index >= 15 is 0 Å². The van der Waals surface area contributed by atoms with Crippen molar-refractivity contribution in [1.82, 2.24) is 24.5 Å². The number of para-hydroxylation sites is 2. The Bertz CT molecular complexity index is 1950. The Morgan fingerprint density at radius 3 is 2.00 bits per heavy atom. The second-order valence-electron chi connectivity index (χ2n) is 8.62. The fraction of sp³-hybridized carbons (Fsp3) is 0.0345. The van der Waals surface area contributed by atoms with Crippen molar-refractivity contribution in [2.24, 2.45) is 0 Å². The van der Waals surface area contributed by atoms with E-state index in [9.17, 15) is 4.79 Å². The maximum Gasteiger partial charge on any atom is 0.347 e. The Morgan fingerprint density at radius 2 is 1.33 bits per heavy atom. The number of aromatic nitrogens is 5. The maximum absolute atomic E-state index is 13.3. The molecule has 4 heterocycles. The summed E-state index contributed by atoms with van der Waals surface area (Å²) in [6.07, 6.45) is 0. The Balaban J connectivity index is 1.61. The number of hydrogen-bond donors (Lipinski definition) is 0. The molecule has 0 saturated heterocycles. The summed E-state index contributed by atoms with van der Waals surface area (Å²) in [6, 6.07) is 31.2. The zero-order chi connectivity index (χ0) is 24.2. The van der Waals surface area contributed by atoms with Crippen LogP contribution in [0, 0.1) is 6.92 Å². The van der Waals surface area contributed by atoms with E-state index in [1.54, 1.807) is 4.68 Å². The van der Waals surface area contributed by atoms with Gasteiger partial charge in [-0.1, -0.05) is 66.7 Å². The molecule has 0 radical (unpaired) electrons. The molecule has 172 valence electrons. The first kappa shape index (κ1) is 20.3. The molecule has 0 saturated carbocycles. The minimum atomic E-state index is -0.463. The first-order valence-electron chi connectivity index (χ1n) is 11.6. The molecule has 7 nitrogen and oxygen atoms in total. The summed E-state index contributed by atoms with van der Waals surface area (Å²) in [7, 11) is 0. The van der Waals surface area contributed by atoms with E-state index in [0.29, 0.717) is 27.6 Å². The van der Waals surface area contributed by atoms with Crippen molar-refractivity contribution in [1.29, 1.82) is 0 Å². The first-order chi connectivity index (χ1) is 17.7. The minimum absolute atomic E-state index is 0.372. The van der Waals surface area contributed by atoms with E-state index in [1.165, 1.54) is 0 Å². The minimum Gasteiger partial charge on any atom is -0.403 e. The van der Waals surface area contributed by atoms with Crippen LogP contribution in [0.5, 0.6) is 0 Å². The molecule has 0 bridgehead atoms. The van der Waals surface area contributed by atoms with Gasteiger partial charge in [-0.25, -0.2) is 14.5 Å². The monoisotopic (exact) mass is 469 g/mol. The number of rotatable bonds is 3. The first-order valence-corrected chi connectivity index (χ1v) is 11.6. The smallest absolute Gasteiger partial charge is 0.347 e. The molecule has 0 spiro atoms.